The Hall–Kier alpha value is -3.84. The van der Waals surface area contributed by atoms with E-state index in [-0.39, 0.29) is 11.2 Å². The first-order valence-electron chi connectivity index (χ1n) is 11.2. The van der Waals surface area contributed by atoms with Crippen molar-refractivity contribution in [3.05, 3.63) is 90.5 Å². The Labute approximate surface area is 202 Å². The number of thioether (sulfide) groups is 1. The number of aryl methyl sites for hydroxylation is 1. The van der Waals surface area contributed by atoms with Crippen molar-refractivity contribution in [1.82, 2.24) is 14.6 Å². The van der Waals surface area contributed by atoms with Gasteiger partial charge in [0, 0.05) is 11.1 Å². The molecular weight excluding hydrogens is 444 g/mol. The van der Waals surface area contributed by atoms with Crippen LogP contribution in [0.2, 0.25) is 0 Å². The minimum absolute atomic E-state index is 0.0719. The molecule has 7 heteroatoms. The highest BCUT2D eigenvalue weighted by molar-refractivity contribution is 8.00. The molecule has 0 spiro atoms. The van der Waals surface area contributed by atoms with E-state index in [0.717, 1.165) is 33.6 Å². The predicted molar refractivity (Wildman–Crippen MR) is 137 cm³/mol. The van der Waals surface area contributed by atoms with Crippen molar-refractivity contribution in [2.75, 3.05) is 5.32 Å². The molecule has 3 aromatic carbocycles. The fourth-order valence-electron chi connectivity index (χ4n) is 3.85. The van der Waals surface area contributed by atoms with Crippen molar-refractivity contribution in [2.45, 2.75) is 30.7 Å². The number of hydrogen-bond donors (Lipinski definition) is 1. The predicted octanol–water partition coefficient (Wildman–Crippen LogP) is 6.49. The van der Waals surface area contributed by atoms with Gasteiger partial charge in [0.15, 0.2) is 10.8 Å². The fraction of sp³-hybridized carbons (Fsp3) is 0.148. The summed E-state index contributed by atoms with van der Waals surface area (Å²) in [6.07, 6.45) is 0.657. The Bertz CT molecular complexity index is 1450. The Morgan fingerprint density at radius 1 is 0.971 bits per heavy atom. The third kappa shape index (κ3) is 4.47. The molecule has 2 aromatic heterocycles. The Morgan fingerprint density at radius 2 is 1.68 bits per heavy atom. The van der Waals surface area contributed by atoms with Gasteiger partial charge in [-0.15, -0.1) is 10.2 Å². The summed E-state index contributed by atoms with van der Waals surface area (Å²) < 4.78 is 7.85. The lowest BCUT2D eigenvalue weighted by Gasteiger charge is -2.15. The van der Waals surface area contributed by atoms with Crippen LogP contribution in [-0.4, -0.2) is 25.8 Å². The van der Waals surface area contributed by atoms with Gasteiger partial charge in [0.25, 0.3) is 0 Å². The summed E-state index contributed by atoms with van der Waals surface area (Å²) in [6.45, 7) is 4.07. The van der Waals surface area contributed by atoms with Gasteiger partial charge in [0.05, 0.1) is 10.8 Å². The van der Waals surface area contributed by atoms with Crippen LogP contribution < -0.4 is 10.1 Å². The Morgan fingerprint density at radius 3 is 2.44 bits per heavy atom. The quantitative estimate of drug-likeness (QED) is 0.276. The maximum Gasteiger partial charge on any atom is 0.237 e. The number of pyridine rings is 1. The SMILES string of the molecule is CCC(Sc1nnc2cc(C)c3ccccc3n12)C(=O)Nc1ccc(Oc2ccccc2)cc1. The molecule has 1 atom stereocenters. The van der Waals surface area contributed by atoms with Crippen molar-refractivity contribution >= 4 is 39.9 Å². The zero-order chi connectivity index (χ0) is 23.5. The first-order valence-corrected chi connectivity index (χ1v) is 12.0. The topological polar surface area (TPSA) is 68.5 Å². The average molecular weight is 469 g/mol. The van der Waals surface area contributed by atoms with Crippen LogP contribution in [0.25, 0.3) is 16.6 Å². The van der Waals surface area contributed by atoms with E-state index in [1.807, 2.05) is 84.1 Å². The van der Waals surface area contributed by atoms with Gasteiger partial charge in [-0.2, -0.15) is 0 Å². The van der Waals surface area contributed by atoms with Crippen molar-refractivity contribution < 1.29 is 9.53 Å². The summed E-state index contributed by atoms with van der Waals surface area (Å²) >= 11 is 1.43. The van der Waals surface area contributed by atoms with Crippen LogP contribution in [0.5, 0.6) is 11.5 Å². The molecule has 0 radical (unpaired) electrons. The Kier molecular flexibility index (Phi) is 6.18. The van der Waals surface area contributed by atoms with Crippen LogP contribution >= 0.6 is 11.8 Å². The number of para-hydroxylation sites is 2. The first-order chi connectivity index (χ1) is 16.6. The molecule has 1 amide bonds. The highest BCUT2D eigenvalue weighted by Gasteiger charge is 2.22. The number of carbonyl (C=O) groups excluding carboxylic acids is 1. The molecule has 5 aromatic rings. The van der Waals surface area contributed by atoms with E-state index in [1.54, 1.807) is 0 Å². The molecule has 0 aliphatic heterocycles. The number of nitrogens with one attached hydrogen (secondary N) is 1. The number of hydrogen-bond acceptors (Lipinski definition) is 5. The molecule has 1 N–H and O–H groups in total. The number of fused-ring (bicyclic) bond motifs is 3. The summed E-state index contributed by atoms with van der Waals surface area (Å²) in [5, 5.41) is 13.3. The largest absolute Gasteiger partial charge is 0.457 e. The lowest BCUT2D eigenvalue weighted by molar-refractivity contribution is -0.115. The molecule has 2 heterocycles. The minimum atomic E-state index is -0.312. The molecule has 0 bridgehead atoms. The van der Waals surface area contributed by atoms with Crippen molar-refractivity contribution in [2.24, 2.45) is 0 Å². The van der Waals surface area contributed by atoms with Gasteiger partial charge in [-0.05, 0) is 67.4 Å². The molecule has 6 nitrogen and oxygen atoms in total. The standard InChI is InChI=1S/C27H24N4O2S/c1-3-24(26(32)28-19-13-15-21(16-14-19)33-20-9-5-4-6-10-20)34-27-30-29-25-17-18(2)22-11-7-8-12-23(22)31(25)27/h4-17,24H,3H2,1-2H3,(H,28,32). The van der Waals surface area contributed by atoms with E-state index in [1.165, 1.54) is 11.8 Å². The van der Waals surface area contributed by atoms with Crippen LogP contribution in [0, 0.1) is 6.92 Å². The van der Waals surface area contributed by atoms with Crippen LogP contribution in [0.15, 0.2) is 90.1 Å². The number of amides is 1. The molecule has 0 aliphatic carbocycles. The fourth-order valence-corrected chi connectivity index (χ4v) is 4.83. The number of anilines is 1. The number of ether oxygens (including phenoxy) is 1. The molecule has 34 heavy (non-hydrogen) atoms. The normalized spacial score (nSPS) is 12.1. The number of aromatic nitrogens is 3. The molecular formula is C27H24N4O2S. The highest BCUT2D eigenvalue weighted by atomic mass is 32.2. The second-order valence-electron chi connectivity index (χ2n) is 7.96. The Balaban J connectivity index is 1.32. The van der Waals surface area contributed by atoms with E-state index in [0.29, 0.717) is 17.3 Å². The molecule has 0 saturated carbocycles. The second-order valence-corrected chi connectivity index (χ2v) is 9.13. The molecule has 0 aliphatic rings. The summed E-state index contributed by atoms with van der Waals surface area (Å²) in [5.41, 5.74) is 3.69. The third-order valence-electron chi connectivity index (χ3n) is 5.59. The van der Waals surface area contributed by atoms with E-state index in [4.69, 9.17) is 4.74 Å². The second kappa shape index (κ2) is 9.57. The summed E-state index contributed by atoms with van der Waals surface area (Å²) in [7, 11) is 0. The zero-order valence-corrected chi connectivity index (χ0v) is 19.8. The van der Waals surface area contributed by atoms with Crippen LogP contribution in [0.1, 0.15) is 18.9 Å². The minimum Gasteiger partial charge on any atom is -0.457 e. The monoisotopic (exact) mass is 468 g/mol. The first kappa shape index (κ1) is 22.0. The molecule has 5 rings (SSSR count). The molecule has 1 unspecified atom stereocenters. The number of carbonyl (C=O) groups is 1. The van der Waals surface area contributed by atoms with Crippen LogP contribution in [0.4, 0.5) is 5.69 Å². The van der Waals surface area contributed by atoms with Crippen molar-refractivity contribution in [1.29, 1.82) is 0 Å². The van der Waals surface area contributed by atoms with Crippen LogP contribution in [-0.2, 0) is 4.79 Å². The molecule has 0 fully saturated rings. The number of benzene rings is 3. The van der Waals surface area contributed by atoms with Gasteiger partial charge in [0.2, 0.25) is 5.91 Å². The van der Waals surface area contributed by atoms with Gasteiger partial charge in [0.1, 0.15) is 11.5 Å². The van der Waals surface area contributed by atoms with Gasteiger partial charge < -0.3 is 10.1 Å². The highest BCUT2D eigenvalue weighted by Crippen LogP contribution is 2.30. The van der Waals surface area contributed by atoms with Gasteiger partial charge in [-0.25, -0.2) is 0 Å². The van der Waals surface area contributed by atoms with E-state index in [9.17, 15) is 4.79 Å². The molecule has 0 saturated heterocycles. The van der Waals surface area contributed by atoms with Crippen molar-refractivity contribution in [3.63, 3.8) is 0 Å². The summed E-state index contributed by atoms with van der Waals surface area (Å²) in [5.74, 6) is 1.41. The summed E-state index contributed by atoms with van der Waals surface area (Å²) in [6, 6.07) is 27.2. The van der Waals surface area contributed by atoms with E-state index in [2.05, 4.69) is 34.6 Å². The van der Waals surface area contributed by atoms with E-state index >= 15 is 0 Å². The lowest BCUT2D eigenvalue weighted by atomic mass is 10.1. The maximum atomic E-state index is 13.1. The lowest BCUT2D eigenvalue weighted by Crippen LogP contribution is -2.24. The summed E-state index contributed by atoms with van der Waals surface area (Å²) in [4.78, 5) is 13.1. The smallest absolute Gasteiger partial charge is 0.237 e. The van der Waals surface area contributed by atoms with Crippen molar-refractivity contribution in [3.8, 4) is 11.5 Å². The van der Waals surface area contributed by atoms with Gasteiger partial charge >= 0.3 is 0 Å². The number of rotatable bonds is 7. The third-order valence-corrected chi connectivity index (χ3v) is 6.89. The molecule has 170 valence electrons. The van der Waals surface area contributed by atoms with E-state index < -0.39 is 0 Å². The number of nitrogens with zero attached hydrogens (tertiary/aromatic N) is 3. The van der Waals surface area contributed by atoms with Crippen LogP contribution in [0.3, 0.4) is 0 Å². The van der Waals surface area contributed by atoms with Gasteiger partial charge in [-0.1, -0.05) is 55.1 Å². The average Bonchev–Trinajstić information content (AvgIpc) is 3.27. The van der Waals surface area contributed by atoms with Gasteiger partial charge in [-0.3, -0.25) is 9.20 Å². The maximum absolute atomic E-state index is 13.1. The zero-order valence-electron chi connectivity index (χ0n) is 18.9.